The second kappa shape index (κ2) is 9.41. The van der Waals surface area contributed by atoms with E-state index in [2.05, 4.69) is 66.7 Å². The predicted molar refractivity (Wildman–Crippen MR) is 126 cm³/mol. The van der Waals surface area contributed by atoms with Crippen molar-refractivity contribution in [1.82, 2.24) is 0 Å². The van der Waals surface area contributed by atoms with Crippen molar-refractivity contribution >= 4 is 5.97 Å². The molecule has 1 fully saturated rings. The molecular formula is C27H40O3. The van der Waals surface area contributed by atoms with Crippen LogP contribution in [0.3, 0.4) is 0 Å². The average molecular weight is 413 g/mol. The molecule has 0 saturated heterocycles. The maximum absolute atomic E-state index is 10.9. The molecule has 166 valence electrons. The highest BCUT2D eigenvalue weighted by atomic mass is 16.5. The van der Waals surface area contributed by atoms with Crippen LogP contribution in [0.2, 0.25) is 0 Å². The lowest BCUT2D eigenvalue weighted by molar-refractivity contribution is -0.131. The van der Waals surface area contributed by atoms with Crippen molar-refractivity contribution in [1.29, 1.82) is 0 Å². The largest absolute Gasteiger partial charge is 0.493 e. The van der Waals surface area contributed by atoms with E-state index in [-0.39, 0.29) is 10.8 Å². The SMILES string of the molecule is CCCCOc1c(C2CC2C=CC(C)=CC(=O)O)cc(C(C)(C)C)cc1C(C)(C)C. The van der Waals surface area contributed by atoms with Gasteiger partial charge in [-0.25, -0.2) is 4.79 Å². The molecule has 1 aliphatic carbocycles. The second-order valence-electron chi connectivity index (χ2n) is 10.7. The molecule has 3 heteroatoms. The summed E-state index contributed by atoms with van der Waals surface area (Å²) < 4.78 is 6.42. The highest BCUT2D eigenvalue weighted by Crippen LogP contribution is 2.54. The number of benzene rings is 1. The highest BCUT2D eigenvalue weighted by molar-refractivity contribution is 5.81. The number of hydrogen-bond acceptors (Lipinski definition) is 2. The Kier molecular flexibility index (Phi) is 7.60. The van der Waals surface area contributed by atoms with Gasteiger partial charge in [0.15, 0.2) is 0 Å². The summed E-state index contributed by atoms with van der Waals surface area (Å²) in [6.45, 7) is 18.3. The standard InChI is InChI=1S/C27H40O3/c1-9-10-13-30-25-22(21-15-19(21)12-11-18(2)14-24(28)29)16-20(26(3,4)5)17-23(25)27(6,7)8/h11-12,14,16-17,19,21H,9-10,13,15H2,1-8H3,(H,28,29). The van der Waals surface area contributed by atoms with Crippen LogP contribution in [0.25, 0.3) is 0 Å². The van der Waals surface area contributed by atoms with E-state index in [0.29, 0.717) is 11.8 Å². The average Bonchev–Trinajstić information content (AvgIpc) is 3.37. The third-order valence-corrected chi connectivity index (χ3v) is 5.73. The molecule has 0 aromatic heterocycles. The number of carboxylic acid groups (broad SMARTS) is 1. The highest BCUT2D eigenvalue weighted by Gasteiger charge is 2.40. The molecule has 1 saturated carbocycles. The molecule has 0 spiro atoms. The lowest BCUT2D eigenvalue weighted by Gasteiger charge is -2.29. The zero-order valence-electron chi connectivity index (χ0n) is 20.1. The van der Waals surface area contributed by atoms with Crippen molar-refractivity contribution in [2.24, 2.45) is 5.92 Å². The molecule has 30 heavy (non-hydrogen) atoms. The first-order valence-electron chi connectivity index (χ1n) is 11.3. The summed E-state index contributed by atoms with van der Waals surface area (Å²) >= 11 is 0. The van der Waals surface area contributed by atoms with Gasteiger partial charge in [-0.05, 0) is 59.1 Å². The van der Waals surface area contributed by atoms with Crippen molar-refractivity contribution in [2.45, 2.75) is 91.4 Å². The Labute approximate surface area is 183 Å². The Morgan fingerprint density at radius 3 is 2.37 bits per heavy atom. The molecule has 2 unspecified atom stereocenters. The zero-order chi connectivity index (χ0) is 22.7. The number of allylic oxidation sites excluding steroid dienone is 3. The number of unbranched alkanes of at least 4 members (excludes halogenated alkanes) is 1. The Morgan fingerprint density at radius 1 is 1.17 bits per heavy atom. The van der Waals surface area contributed by atoms with Crippen molar-refractivity contribution in [3.05, 3.63) is 52.6 Å². The fourth-order valence-corrected chi connectivity index (χ4v) is 3.70. The van der Waals surface area contributed by atoms with Gasteiger partial charge in [0.05, 0.1) is 6.61 Å². The van der Waals surface area contributed by atoms with E-state index in [1.54, 1.807) is 0 Å². The van der Waals surface area contributed by atoms with Crippen LogP contribution in [0.5, 0.6) is 5.75 Å². The van der Waals surface area contributed by atoms with Gasteiger partial charge in [0.2, 0.25) is 0 Å². The summed E-state index contributed by atoms with van der Waals surface area (Å²) in [5, 5.41) is 8.92. The smallest absolute Gasteiger partial charge is 0.328 e. The third-order valence-electron chi connectivity index (χ3n) is 5.73. The predicted octanol–water partition coefficient (Wildman–Crippen LogP) is 7.15. The summed E-state index contributed by atoms with van der Waals surface area (Å²) in [5.41, 5.74) is 4.79. The molecule has 1 N–H and O–H groups in total. The summed E-state index contributed by atoms with van der Waals surface area (Å²) in [5.74, 6) is 1.03. The molecule has 0 amide bonds. The van der Waals surface area contributed by atoms with E-state index in [1.165, 1.54) is 22.8 Å². The number of aliphatic carboxylic acids is 1. The third kappa shape index (κ3) is 6.48. The minimum atomic E-state index is -0.899. The molecule has 0 heterocycles. The van der Waals surface area contributed by atoms with Crippen LogP contribution >= 0.6 is 0 Å². The fourth-order valence-electron chi connectivity index (χ4n) is 3.70. The van der Waals surface area contributed by atoms with E-state index in [9.17, 15) is 4.79 Å². The molecule has 3 nitrogen and oxygen atoms in total. The number of hydrogen-bond donors (Lipinski definition) is 1. The molecule has 1 aliphatic rings. The quantitative estimate of drug-likeness (QED) is 0.280. The molecule has 0 aliphatic heterocycles. The van der Waals surface area contributed by atoms with Gasteiger partial charge in [-0.15, -0.1) is 0 Å². The van der Waals surface area contributed by atoms with E-state index in [4.69, 9.17) is 9.84 Å². The Bertz CT molecular complexity index is 816. The van der Waals surface area contributed by atoms with E-state index >= 15 is 0 Å². The lowest BCUT2D eigenvalue weighted by Crippen LogP contribution is -2.19. The Morgan fingerprint density at radius 2 is 1.83 bits per heavy atom. The monoisotopic (exact) mass is 412 g/mol. The molecule has 2 atom stereocenters. The molecule has 2 rings (SSSR count). The summed E-state index contributed by atoms with van der Waals surface area (Å²) in [4.78, 5) is 10.9. The molecule has 1 aromatic rings. The van der Waals surface area contributed by atoms with Crippen LogP contribution in [0, 0.1) is 5.92 Å². The van der Waals surface area contributed by atoms with Gasteiger partial charge in [-0.1, -0.05) is 79.2 Å². The molecule has 0 bridgehead atoms. The number of ether oxygens (including phenoxy) is 1. The minimum absolute atomic E-state index is 0.00139. The van der Waals surface area contributed by atoms with Crippen LogP contribution in [-0.4, -0.2) is 17.7 Å². The van der Waals surface area contributed by atoms with Crippen molar-refractivity contribution in [3.8, 4) is 5.75 Å². The first-order chi connectivity index (χ1) is 13.8. The van der Waals surface area contributed by atoms with Gasteiger partial charge in [0.1, 0.15) is 5.75 Å². The van der Waals surface area contributed by atoms with E-state index in [1.807, 2.05) is 13.0 Å². The van der Waals surface area contributed by atoms with E-state index < -0.39 is 5.97 Å². The number of carboxylic acids is 1. The summed E-state index contributed by atoms with van der Waals surface area (Å²) in [6, 6.07) is 4.70. The van der Waals surface area contributed by atoms with Gasteiger partial charge < -0.3 is 9.84 Å². The van der Waals surface area contributed by atoms with Crippen LogP contribution in [0.1, 0.15) is 97.3 Å². The first kappa shape index (κ1) is 24.2. The Balaban J connectivity index is 2.46. The zero-order valence-corrected chi connectivity index (χ0v) is 20.1. The van der Waals surface area contributed by atoms with Gasteiger partial charge >= 0.3 is 5.97 Å². The lowest BCUT2D eigenvalue weighted by atomic mass is 9.78. The second-order valence-corrected chi connectivity index (χ2v) is 10.7. The fraction of sp³-hybridized carbons (Fsp3) is 0.593. The molecule has 0 radical (unpaired) electrons. The number of rotatable bonds is 8. The van der Waals surface area contributed by atoms with Crippen molar-refractivity contribution < 1.29 is 14.6 Å². The minimum Gasteiger partial charge on any atom is -0.493 e. The van der Waals surface area contributed by atoms with Crippen LogP contribution in [-0.2, 0) is 15.6 Å². The summed E-state index contributed by atoms with van der Waals surface area (Å²) in [6.07, 6.45) is 8.61. The van der Waals surface area contributed by atoms with Crippen LogP contribution < -0.4 is 4.74 Å². The van der Waals surface area contributed by atoms with Gasteiger partial charge in [-0.2, -0.15) is 0 Å². The first-order valence-corrected chi connectivity index (χ1v) is 11.3. The van der Waals surface area contributed by atoms with Crippen molar-refractivity contribution in [2.75, 3.05) is 6.61 Å². The van der Waals surface area contributed by atoms with Gasteiger partial charge in [0, 0.05) is 11.6 Å². The number of carbonyl (C=O) groups is 1. The van der Waals surface area contributed by atoms with Crippen LogP contribution in [0.4, 0.5) is 0 Å². The van der Waals surface area contributed by atoms with Crippen LogP contribution in [0.15, 0.2) is 35.9 Å². The topological polar surface area (TPSA) is 46.5 Å². The molecular weight excluding hydrogens is 372 g/mol. The Hall–Kier alpha value is -2.03. The maximum atomic E-state index is 10.9. The van der Waals surface area contributed by atoms with Crippen molar-refractivity contribution in [3.63, 3.8) is 0 Å². The normalized spacial score (nSPS) is 19.9. The van der Waals surface area contributed by atoms with Gasteiger partial charge in [-0.3, -0.25) is 0 Å². The summed E-state index contributed by atoms with van der Waals surface area (Å²) in [7, 11) is 0. The van der Waals surface area contributed by atoms with Gasteiger partial charge in [0.25, 0.3) is 0 Å². The van der Waals surface area contributed by atoms with E-state index in [0.717, 1.165) is 37.2 Å². The maximum Gasteiger partial charge on any atom is 0.328 e. The molecule has 1 aromatic carbocycles.